The lowest BCUT2D eigenvalue weighted by atomic mass is 9.96. The van der Waals surface area contributed by atoms with Crippen LogP contribution in [0, 0.1) is 13.8 Å². The number of anilines is 1. The van der Waals surface area contributed by atoms with E-state index in [4.69, 9.17) is 4.74 Å². The van der Waals surface area contributed by atoms with Crippen molar-refractivity contribution < 1.29 is 4.74 Å². The first-order valence-electron chi connectivity index (χ1n) is 9.01. The van der Waals surface area contributed by atoms with E-state index in [1.54, 1.807) is 5.56 Å². The summed E-state index contributed by atoms with van der Waals surface area (Å²) in [5.74, 6) is 0. The second-order valence-corrected chi connectivity index (χ2v) is 7.03. The fourth-order valence-electron chi connectivity index (χ4n) is 3.66. The van der Waals surface area contributed by atoms with E-state index in [9.17, 15) is 0 Å². The Labute approximate surface area is 136 Å². The van der Waals surface area contributed by atoms with Crippen LogP contribution >= 0.6 is 0 Å². The molecule has 1 aliphatic heterocycles. The number of unbranched alkanes of at least 4 members (excludes halogenated alkanes) is 3. The van der Waals surface area contributed by atoms with E-state index in [0.717, 1.165) is 13.1 Å². The summed E-state index contributed by atoms with van der Waals surface area (Å²) >= 11 is 0. The monoisotopic (exact) mass is 303 g/mol. The van der Waals surface area contributed by atoms with Gasteiger partial charge in [0.25, 0.3) is 0 Å². The molecule has 0 bridgehead atoms. The van der Waals surface area contributed by atoms with E-state index in [2.05, 4.69) is 51.7 Å². The van der Waals surface area contributed by atoms with Crippen LogP contribution in [0.15, 0.2) is 12.1 Å². The van der Waals surface area contributed by atoms with Crippen molar-refractivity contribution in [3.63, 3.8) is 0 Å². The standard InChI is InChI=1S/C20H33NO/c1-6-7-8-9-10-20-15(2)11-19(12-16(20)3)21-13-17(4)22-18(5)14-21/h11-12,17-18H,6-10,13-14H2,1-5H3/t17-,18+. The van der Waals surface area contributed by atoms with Gasteiger partial charge < -0.3 is 9.64 Å². The molecule has 1 aromatic rings. The number of aryl methyl sites for hydroxylation is 2. The molecule has 0 radical (unpaired) electrons. The maximum absolute atomic E-state index is 5.86. The van der Waals surface area contributed by atoms with Crippen LogP contribution in [0.4, 0.5) is 5.69 Å². The molecule has 1 saturated heterocycles. The van der Waals surface area contributed by atoms with Crippen molar-refractivity contribution in [3.8, 4) is 0 Å². The largest absolute Gasteiger partial charge is 0.372 e. The lowest BCUT2D eigenvalue weighted by Crippen LogP contribution is -2.45. The highest BCUT2D eigenvalue weighted by atomic mass is 16.5. The maximum Gasteiger partial charge on any atom is 0.0726 e. The van der Waals surface area contributed by atoms with Crippen LogP contribution in [0.5, 0.6) is 0 Å². The summed E-state index contributed by atoms with van der Waals surface area (Å²) < 4.78 is 5.86. The molecule has 0 aliphatic carbocycles. The number of ether oxygens (including phenoxy) is 1. The Kier molecular flexibility index (Phi) is 6.31. The van der Waals surface area contributed by atoms with Crippen molar-refractivity contribution in [2.24, 2.45) is 0 Å². The van der Waals surface area contributed by atoms with Gasteiger partial charge in [-0.15, -0.1) is 0 Å². The van der Waals surface area contributed by atoms with E-state index in [-0.39, 0.29) is 0 Å². The molecule has 0 unspecified atom stereocenters. The first-order valence-corrected chi connectivity index (χ1v) is 9.01. The van der Waals surface area contributed by atoms with Crippen LogP contribution in [0.25, 0.3) is 0 Å². The number of hydrogen-bond acceptors (Lipinski definition) is 2. The highest BCUT2D eigenvalue weighted by Crippen LogP contribution is 2.27. The smallest absolute Gasteiger partial charge is 0.0726 e. The predicted octanol–water partition coefficient (Wildman–Crippen LogP) is 5.04. The van der Waals surface area contributed by atoms with Gasteiger partial charge in [0.05, 0.1) is 12.2 Å². The molecule has 2 heteroatoms. The van der Waals surface area contributed by atoms with Crippen LogP contribution in [0.2, 0.25) is 0 Å². The topological polar surface area (TPSA) is 12.5 Å². The first kappa shape index (κ1) is 17.3. The fraction of sp³-hybridized carbons (Fsp3) is 0.700. The summed E-state index contributed by atoms with van der Waals surface area (Å²) in [5.41, 5.74) is 5.85. The summed E-state index contributed by atoms with van der Waals surface area (Å²) in [4.78, 5) is 2.49. The molecule has 0 saturated carbocycles. The van der Waals surface area contributed by atoms with Gasteiger partial charge in [-0.25, -0.2) is 0 Å². The SMILES string of the molecule is CCCCCCc1c(C)cc(N2C[C@@H](C)O[C@@H](C)C2)cc1C. The van der Waals surface area contributed by atoms with Crippen molar-refractivity contribution in [1.82, 2.24) is 0 Å². The van der Waals surface area contributed by atoms with E-state index < -0.39 is 0 Å². The fourth-order valence-corrected chi connectivity index (χ4v) is 3.66. The molecule has 0 N–H and O–H groups in total. The van der Waals surface area contributed by atoms with E-state index in [1.807, 2.05) is 0 Å². The van der Waals surface area contributed by atoms with Crippen LogP contribution in [-0.2, 0) is 11.2 Å². The van der Waals surface area contributed by atoms with Gasteiger partial charge in [0.15, 0.2) is 0 Å². The van der Waals surface area contributed by atoms with Gasteiger partial charge >= 0.3 is 0 Å². The predicted molar refractivity (Wildman–Crippen MR) is 96.0 cm³/mol. The van der Waals surface area contributed by atoms with Gasteiger partial charge in [0, 0.05) is 18.8 Å². The molecular weight excluding hydrogens is 270 g/mol. The minimum atomic E-state index is 0.318. The average Bonchev–Trinajstić information content (AvgIpc) is 2.44. The maximum atomic E-state index is 5.86. The molecule has 1 heterocycles. The second kappa shape index (κ2) is 8.01. The second-order valence-electron chi connectivity index (χ2n) is 7.03. The van der Waals surface area contributed by atoms with Crippen molar-refractivity contribution in [1.29, 1.82) is 0 Å². The summed E-state index contributed by atoms with van der Waals surface area (Å²) in [6.07, 6.45) is 7.21. The van der Waals surface area contributed by atoms with Crippen LogP contribution < -0.4 is 4.90 Å². The highest BCUT2D eigenvalue weighted by Gasteiger charge is 2.23. The Morgan fingerprint density at radius 1 is 1.00 bits per heavy atom. The zero-order chi connectivity index (χ0) is 16.1. The van der Waals surface area contributed by atoms with Gasteiger partial charge in [-0.05, 0) is 69.4 Å². The van der Waals surface area contributed by atoms with E-state index in [1.165, 1.54) is 48.9 Å². The minimum absolute atomic E-state index is 0.318. The molecular formula is C20H33NO. The molecule has 2 atom stereocenters. The Balaban J connectivity index is 2.08. The molecule has 0 aromatic heterocycles. The van der Waals surface area contributed by atoms with Gasteiger partial charge in [-0.3, -0.25) is 0 Å². The number of rotatable bonds is 6. The third-order valence-electron chi connectivity index (χ3n) is 4.75. The molecule has 124 valence electrons. The third-order valence-corrected chi connectivity index (χ3v) is 4.75. The third kappa shape index (κ3) is 4.49. The molecule has 0 amide bonds. The minimum Gasteiger partial charge on any atom is -0.372 e. The Bertz CT molecular complexity index is 450. The van der Waals surface area contributed by atoms with Gasteiger partial charge in [-0.1, -0.05) is 26.2 Å². The molecule has 22 heavy (non-hydrogen) atoms. The van der Waals surface area contributed by atoms with Crippen molar-refractivity contribution in [3.05, 3.63) is 28.8 Å². The molecule has 2 rings (SSSR count). The average molecular weight is 303 g/mol. The van der Waals surface area contributed by atoms with Crippen molar-refractivity contribution >= 4 is 5.69 Å². The Hall–Kier alpha value is -1.02. The van der Waals surface area contributed by atoms with Crippen LogP contribution in [0.3, 0.4) is 0 Å². The van der Waals surface area contributed by atoms with Crippen LogP contribution in [-0.4, -0.2) is 25.3 Å². The number of nitrogens with zero attached hydrogens (tertiary/aromatic N) is 1. The van der Waals surface area contributed by atoms with Crippen molar-refractivity contribution in [2.75, 3.05) is 18.0 Å². The molecule has 1 aromatic carbocycles. The lowest BCUT2D eigenvalue weighted by Gasteiger charge is -2.37. The highest BCUT2D eigenvalue weighted by molar-refractivity contribution is 5.54. The molecule has 1 fully saturated rings. The normalized spacial score (nSPS) is 22.1. The van der Waals surface area contributed by atoms with E-state index in [0.29, 0.717) is 12.2 Å². The van der Waals surface area contributed by atoms with Crippen molar-refractivity contribution in [2.45, 2.75) is 78.9 Å². The summed E-state index contributed by atoms with van der Waals surface area (Å²) in [6.45, 7) is 13.2. The summed E-state index contributed by atoms with van der Waals surface area (Å²) in [7, 11) is 0. The molecule has 1 aliphatic rings. The summed E-state index contributed by atoms with van der Waals surface area (Å²) in [5, 5.41) is 0. The number of hydrogen-bond donors (Lipinski definition) is 0. The lowest BCUT2D eigenvalue weighted by molar-refractivity contribution is -0.00522. The Morgan fingerprint density at radius 2 is 1.59 bits per heavy atom. The van der Waals surface area contributed by atoms with Gasteiger partial charge in [0.2, 0.25) is 0 Å². The molecule has 0 spiro atoms. The van der Waals surface area contributed by atoms with Crippen LogP contribution in [0.1, 0.15) is 63.1 Å². The molecule has 2 nitrogen and oxygen atoms in total. The zero-order valence-corrected chi connectivity index (χ0v) is 15.1. The number of benzene rings is 1. The zero-order valence-electron chi connectivity index (χ0n) is 15.1. The number of morpholine rings is 1. The van der Waals surface area contributed by atoms with E-state index >= 15 is 0 Å². The van der Waals surface area contributed by atoms with Gasteiger partial charge in [-0.2, -0.15) is 0 Å². The van der Waals surface area contributed by atoms with Gasteiger partial charge in [0.1, 0.15) is 0 Å². The Morgan fingerprint density at radius 3 is 2.14 bits per heavy atom. The quantitative estimate of drug-likeness (QED) is 0.683. The first-order chi connectivity index (χ1) is 10.5. The summed E-state index contributed by atoms with van der Waals surface area (Å²) in [6, 6.07) is 4.76.